The summed E-state index contributed by atoms with van der Waals surface area (Å²) in [6, 6.07) is 5.12. The maximum atomic E-state index is 12.7. The summed E-state index contributed by atoms with van der Waals surface area (Å²) >= 11 is 0. The zero-order chi connectivity index (χ0) is 15.3. The Kier molecular flexibility index (Phi) is 2.92. The summed E-state index contributed by atoms with van der Waals surface area (Å²) in [5.41, 5.74) is 1.66. The number of hydrogen-bond donors (Lipinski definition) is 0. The van der Waals surface area contributed by atoms with E-state index in [9.17, 15) is 9.59 Å². The summed E-state index contributed by atoms with van der Waals surface area (Å²) in [4.78, 5) is 33.1. The van der Waals surface area contributed by atoms with E-state index in [2.05, 4.69) is 4.98 Å². The molecule has 0 N–H and O–H groups in total. The molecule has 22 heavy (non-hydrogen) atoms. The van der Waals surface area contributed by atoms with Crippen molar-refractivity contribution >= 4 is 17.5 Å². The molecule has 2 atom stereocenters. The minimum absolute atomic E-state index is 0.0571. The molecule has 2 saturated heterocycles. The van der Waals surface area contributed by atoms with Gasteiger partial charge in [0.15, 0.2) is 0 Å². The average molecular weight is 298 g/mol. The number of rotatable bonds is 2. The van der Waals surface area contributed by atoms with Crippen LogP contribution in [0.2, 0.25) is 0 Å². The number of fused-ring (bicyclic) bond motifs is 2. The fourth-order valence-electron chi connectivity index (χ4n) is 3.50. The number of carbonyl (C=O) groups excluding carboxylic acids is 2. The van der Waals surface area contributed by atoms with E-state index in [1.807, 2.05) is 41.9 Å². The molecule has 0 unspecified atom stereocenters. The van der Waals surface area contributed by atoms with Gasteiger partial charge in [-0.1, -0.05) is 6.07 Å². The molecular formula is C16H18N4O2. The zero-order valence-electron chi connectivity index (χ0n) is 12.5. The average Bonchev–Trinajstić information content (AvgIpc) is 3.15. The third-order valence-electron chi connectivity index (χ3n) is 4.68. The Balaban J connectivity index is 1.63. The number of pyridine rings is 1. The van der Waals surface area contributed by atoms with Gasteiger partial charge < -0.3 is 14.2 Å². The second-order valence-corrected chi connectivity index (χ2v) is 6.03. The molecule has 2 amide bonds. The quantitative estimate of drug-likeness (QED) is 0.833. The number of aromatic nitrogens is 2. The second-order valence-electron chi connectivity index (χ2n) is 6.03. The van der Waals surface area contributed by atoms with E-state index in [4.69, 9.17) is 0 Å². The molecule has 2 aliphatic heterocycles. The predicted octanol–water partition coefficient (Wildman–Crippen LogP) is 1.06. The van der Waals surface area contributed by atoms with Crippen LogP contribution in [0.1, 0.15) is 25.5 Å². The van der Waals surface area contributed by atoms with Crippen LogP contribution >= 0.6 is 0 Å². The highest BCUT2D eigenvalue weighted by Gasteiger charge is 2.45. The Morgan fingerprint density at radius 2 is 2.14 bits per heavy atom. The maximum Gasteiger partial charge on any atom is 0.246 e. The highest BCUT2D eigenvalue weighted by molar-refractivity contribution is 5.97. The molecule has 2 aromatic rings. The van der Waals surface area contributed by atoms with Gasteiger partial charge >= 0.3 is 0 Å². The third-order valence-corrected chi connectivity index (χ3v) is 4.68. The SMILES string of the molecule is C[C@H]1C(=O)N2CCC[C@@H]2C(=O)N1Cc1cn2ccccc2n1. The fraction of sp³-hybridized carbons (Fsp3) is 0.438. The molecule has 0 bridgehead atoms. The van der Waals surface area contributed by atoms with Crippen LogP contribution in [0.5, 0.6) is 0 Å². The van der Waals surface area contributed by atoms with Crippen LogP contribution in [-0.2, 0) is 16.1 Å². The maximum absolute atomic E-state index is 12.7. The minimum Gasteiger partial charge on any atom is -0.329 e. The molecule has 2 fully saturated rings. The Labute approximate surface area is 128 Å². The fourth-order valence-corrected chi connectivity index (χ4v) is 3.50. The highest BCUT2D eigenvalue weighted by Crippen LogP contribution is 2.27. The van der Waals surface area contributed by atoms with Gasteiger partial charge in [-0.25, -0.2) is 4.98 Å². The van der Waals surface area contributed by atoms with E-state index in [1.54, 1.807) is 9.80 Å². The second kappa shape index (κ2) is 4.83. The lowest BCUT2D eigenvalue weighted by Gasteiger charge is -2.40. The minimum atomic E-state index is -0.410. The summed E-state index contributed by atoms with van der Waals surface area (Å²) in [6.45, 7) is 2.91. The molecule has 2 aromatic heterocycles. The third kappa shape index (κ3) is 1.90. The van der Waals surface area contributed by atoms with Gasteiger partial charge in [0.05, 0.1) is 12.2 Å². The lowest BCUT2D eigenvalue weighted by molar-refractivity contribution is -0.159. The Hall–Kier alpha value is -2.37. The molecule has 6 heteroatoms. The largest absolute Gasteiger partial charge is 0.329 e. The van der Waals surface area contributed by atoms with E-state index in [1.165, 1.54) is 0 Å². The molecule has 0 saturated carbocycles. The lowest BCUT2D eigenvalue weighted by atomic mass is 10.1. The van der Waals surface area contributed by atoms with Crippen molar-refractivity contribution in [2.75, 3.05) is 6.54 Å². The summed E-state index contributed by atoms with van der Waals surface area (Å²) in [6.07, 6.45) is 5.54. The molecule has 0 radical (unpaired) electrons. The molecule has 0 aliphatic carbocycles. The summed E-state index contributed by atoms with van der Waals surface area (Å²) in [7, 11) is 0. The Bertz CT molecular complexity index is 720. The van der Waals surface area contributed by atoms with E-state index in [0.717, 1.165) is 24.2 Å². The lowest BCUT2D eigenvalue weighted by Crippen LogP contribution is -2.61. The van der Waals surface area contributed by atoms with Crippen LogP contribution in [0.25, 0.3) is 5.65 Å². The topological polar surface area (TPSA) is 57.9 Å². The van der Waals surface area contributed by atoms with Crippen molar-refractivity contribution in [3.8, 4) is 0 Å². The van der Waals surface area contributed by atoms with E-state index in [-0.39, 0.29) is 17.9 Å². The van der Waals surface area contributed by atoms with Crippen LogP contribution < -0.4 is 0 Å². The Morgan fingerprint density at radius 3 is 2.95 bits per heavy atom. The van der Waals surface area contributed by atoms with Gasteiger partial charge in [0.25, 0.3) is 0 Å². The molecule has 0 spiro atoms. The molecular weight excluding hydrogens is 280 g/mol. The number of carbonyl (C=O) groups is 2. The number of hydrogen-bond acceptors (Lipinski definition) is 3. The molecule has 4 heterocycles. The predicted molar refractivity (Wildman–Crippen MR) is 79.9 cm³/mol. The number of imidazole rings is 1. The zero-order valence-corrected chi connectivity index (χ0v) is 12.5. The normalized spacial score (nSPS) is 25.1. The van der Waals surface area contributed by atoms with Gasteiger partial charge in [0.1, 0.15) is 17.7 Å². The molecule has 114 valence electrons. The van der Waals surface area contributed by atoms with Crippen LogP contribution in [-0.4, -0.2) is 49.6 Å². The first-order chi connectivity index (χ1) is 10.6. The van der Waals surface area contributed by atoms with Crippen LogP contribution in [0.15, 0.2) is 30.6 Å². The van der Waals surface area contributed by atoms with Crippen molar-refractivity contribution in [2.24, 2.45) is 0 Å². The van der Waals surface area contributed by atoms with Crippen LogP contribution in [0, 0.1) is 0 Å². The van der Waals surface area contributed by atoms with Crippen LogP contribution in [0.3, 0.4) is 0 Å². The number of piperazine rings is 1. The first-order valence-electron chi connectivity index (χ1n) is 7.69. The molecule has 2 aliphatic rings. The van der Waals surface area contributed by atoms with Crippen molar-refractivity contribution in [3.05, 3.63) is 36.3 Å². The van der Waals surface area contributed by atoms with Gasteiger partial charge in [0.2, 0.25) is 11.8 Å². The monoisotopic (exact) mass is 298 g/mol. The van der Waals surface area contributed by atoms with Gasteiger partial charge in [-0.3, -0.25) is 9.59 Å². The van der Waals surface area contributed by atoms with Crippen molar-refractivity contribution in [1.29, 1.82) is 0 Å². The molecule has 4 rings (SSSR count). The summed E-state index contributed by atoms with van der Waals surface area (Å²) in [5.74, 6) is 0.118. The summed E-state index contributed by atoms with van der Waals surface area (Å²) < 4.78 is 1.93. The van der Waals surface area contributed by atoms with Crippen molar-refractivity contribution in [1.82, 2.24) is 19.2 Å². The highest BCUT2D eigenvalue weighted by atomic mass is 16.2. The van der Waals surface area contributed by atoms with Gasteiger partial charge in [-0.05, 0) is 31.9 Å². The van der Waals surface area contributed by atoms with E-state index < -0.39 is 6.04 Å². The number of amides is 2. The van der Waals surface area contributed by atoms with Gasteiger partial charge in [0, 0.05) is 18.9 Å². The Morgan fingerprint density at radius 1 is 1.27 bits per heavy atom. The first kappa shape index (κ1) is 13.3. The van der Waals surface area contributed by atoms with E-state index >= 15 is 0 Å². The van der Waals surface area contributed by atoms with E-state index in [0.29, 0.717) is 13.1 Å². The van der Waals surface area contributed by atoms with Crippen molar-refractivity contribution in [2.45, 2.75) is 38.4 Å². The molecule has 6 nitrogen and oxygen atoms in total. The van der Waals surface area contributed by atoms with Crippen LogP contribution in [0.4, 0.5) is 0 Å². The summed E-state index contributed by atoms with van der Waals surface area (Å²) in [5, 5.41) is 0. The van der Waals surface area contributed by atoms with Gasteiger partial charge in [-0.15, -0.1) is 0 Å². The van der Waals surface area contributed by atoms with Gasteiger partial charge in [-0.2, -0.15) is 0 Å². The first-order valence-corrected chi connectivity index (χ1v) is 7.69. The van der Waals surface area contributed by atoms with Crippen molar-refractivity contribution < 1.29 is 9.59 Å². The van der Waals surface area contributed by atoms with Crippen molar-refractivity contribution in [3.63, 3.8) is 0 Å². The standard InChI is InChI=1S/C16H18N4O2/c1-11-15(21)19-8-4-5-13(19)16(22)20(11)10-12-9-18-7-3-2-6-14(18)17-12/h2-3,6-7,9,11,13H,4-5,8,10H2,1H3/t11-,13+/m0/s1. The molecule has 0 aromatic carbocycles. The smallest absolute Gasteiger partial charge is 0.246 e. The number of nitrogens with zero attached hydrogens (tertiary/aromatic N) is 4.